The Morgan fingerprint density at radius 3 is 2.94 bits per heavy atom. The normalized spacial score (nSPS) is 12.2. The van der Waals surface area contributed by atoms with E-state index < -0.39 is 12.1 Å². The Morgan fingerprint density at radius 1 is 1.62 bits per heavy atom. The van der Waals surface area contributed by atoms with Crippen LogP contribution in [0.3, 0.4) is 0 Å². The summed E-state index contributed by atoms with van der Waals surface area (Å²) in [6.07, 6.45) is -0.987. The quantitative estimate of drug-likeness (QED) is 0.870. The summed E-state index contributed by atoms with van der Waals surface area (Å²) in [5, 5.41) is 10.3. The predicted octanol–water partition coefficient (Wildman–Crippen LogP) is 3.09. The molecular formula is C11H12BrClO3. The number of aliphatic hydroxyl groups excluding tert-OH is 1. The molecule has 1 unspecified atom stereocenters. The van der Waals surface area contributed by atoms with Crippen LogP contribution in [0.2, 0.25) is 5.02 Å². The van der Waals surface area contributed by atoms with E-state index in [0.717, 1.165) is 0 Å². The van der Waals surface area contributed by atoms with Crippen molar-refractivity contribution in [1.82, 2.24) is 0 Å². The van der Waals surface area contributed by atoms with E-state index in [1.807, 2.05) is 0 Å². The van der Waals surface area contributed by atoms with E-state index in [9.17, 15) is 9.90 Å². The van der Waals surface area contributed by atoms with E-state index >= 15 is 0 Å². The van der Waals surface area contributed by atoms with E-state index in [1.54, 1.807) is 25.1 Å². The number of carbonyl (C=O) groups excluding carboxylic acids is 1. The average Bonchev–Trinajstić information content (AvgIpc) is 2.22. The van der Waals surface area contributed by atoms with Crippen LogP contribution >= 0.6 is 27.5 Å². The Kier molecular flexibility index (Phi) is 5.25. The fourth-order valence-electron chi connectivity index (χ4n) is 1.27. The molecule has 0 aromatic heterocycles. The number of aliphatic hydroxyl groups is 1. The number of ether oxygens (including phenoxy) is 1. The summed E-state index contributed by atoms with van der Waals surface area (Å²) in [5.41, 5.74) is 0.584. The molecule has 0 saturated carbocycles. The largest absolute Gasteiger partial charge is 0.466 e. The van der Waals surface area contributed by atoms with Crippen molar-refractivity contribution in [1.29, 1.82) is 0 Å². The molecular weight excluding hydrogens is 295 g/mol. The minimum atomic E-state index is -0.910. The van der Waals surface area contributed by atoms with Crippen LogP contribution in [0.4, 0.5) is 0 Å². The third-order valence-corrected chi connectivity index (χ3v) is 3.43. The molecule has 1 aromatic carbocycles. The van der Waals surface area contributed by atoms with E-state index in [-0.39, 0.29) is 6.42 Å². The highest BCUT2D eigenvalue weighted by molar-refractivity contribution is 9.10. The van der Waals surface area contributed by atoms with Crippen molar-refractivity contribution in [2.45, 2.75) is 19.4 Å². The molecule has 3 nitrogen and oxygen atoms in total. The van der Waals surface area contributed by atoms with Crippen LogP contribution in [-0.2, 0) is 9.53 Å². The number of esters is 1. The Balaban J connectivity index is 2.76. The third-order valence-electron chi connectivity index (χ3n) is 2.01. The molecule has 0 saturated heterocycles. The van der Waals surface area contributed by atoms with E-state index in [0.29, 0.717) is 21.7 Å². The monoisotopic (exact) mass is 306 g/mol. The molecule has 0 spiro atoms. The number of hydrogen-bond donors (Lipinski definition) is 1. The maximum Gasteiger partial charge on any atom is 0.308 e. The van der Waals surface area contributed by atoms with Gasteiger partial charge in [-0.05, 0) is 34.5 Å². The first-order chi connectivity index (χ1) is 7.56. The van der Waals surface area contributed by atoms with Crippen LogP contribution in [0.5, 0.6) is 0 Å². The molecule has 0 aliphatic carbocycles. The fourth-order valence-corrected chi connectivity index (χ4v) is 1.98. The lowest BCUT2D eigenvalue weighted by molar-refractivity contribution is -0.145. The van der Waals surface area contributed by atoms with Crippen LogP contribution in [0.1, 0.15) is 25.0 Å². The van der Waals surface area contributed by atoms with Gasteiger partial charge < -0.3 is 9.84 Å². The highest BCUT2D eigenvalue weighted by Gasteiger charge is 2.17. The minimum Gasteiger partial charge on any atom is -0.466 e. The molecule has 1 atom stereocenters. The smallest absolute Gasteiger partial charge is 0.308 e. The Morgan fingerprint density at radius 2 is 2.31 bits per heavy atom. The van der Waals surface area contributed by atoms with Crippen molar-refractivity contribution in [2.75, 3.05) is 6.61 Å². The van der Waals surface area contributed by atoms with Crippen molar-refractivity contribution < 1.29 is 14.6 Å². The molecule has 0 amide bonds. The molecule has 0 heterocycles. The molecule has 0 bridgehead atoms. The molecule has 88 valence electrons. The zero-order chi connectivity index (χ0) is 12.1. The lowest BCUT2D eigenvalue weighted by Crippen LogP contribution is -2.10. The first kappa shape index (κ1) is 13.5. The highest BCUT2D eigenvalue weighted by atomic mass is 79.9. The summed E-state index contributed by atoms with van der Waals surface area (Å²) in [4.78, 5) is 11.2. The third kappa shape index (κ3) is 3.47. The van der Waals surface area contributed by atoms with Gasteiger partial charge in [0.15, 0.2) is 0 Å². The first-order valence-corrected chi connectivity index (χ1v) is 6.01. The van der Waals surface area contributed by atoms with Gasteiger partial charge in [0.2, 0.25) is 0 Å². The molecule has 1 aromatic rings. The molecule has 16 heavy (non-hydrogen) atoms. The van der Waals surface area contributed by atoms with Crippen molar-refractivity contribution in [2.24, 2.45) is 0 Å². The Bertz CT molecular complexity index is 381. The molecule has 0 aliphatic rings. The number of carbonyl (C=O) groups is 1. The van der Waals surface area contributed by atoms with Gasteiger partial charge in [-0.2, -0.15) is 0 Å². The zero-order valence-corrected chi connectivity index (χ0v) is 11.1. The maximum atomic E-state index is 11.2. The van der Waals surface area contributed by atoms with E-state index in [1.165, 1.54) is 0 Å². The Labute approximate surface area is 107 Å². The first-order valence-electron chi connectivity index (χ1n) is 4.83. The minimum absolute atomic E-state index is 0.0766. The Hall–Kier alpha value is -0.580. The summed E-state index contributed by atoms with van der Waals surface area (Å²) in [6, 6.07) is 5.13. The van der Waals surface area contributed by atoms with E-state index in [4.69, 9.17) is 16.3 Å². The predicted molar refractivity (Wildman–Crippen MR) is 65.4 cm³/mol. The topological polar surface area (TPSA) is 46.5 Å². The molecule has 0 radical (unpaired) electrons. The number of benzene rings is 1. The average molecular weight is 308 g/mol. The zero-order valence-electron chi connectivity index (χ0n) is 8.74. The van der Waals surface area contributed by atoms with Crippen LogP contribution in [0.25, 0.3) is 0 Å². The summed E-state index contributed by atoms with van der Waals surface area (Å²) in [6.45, 7) is 2.03. The summed E-state index contributed by atoms with van der Waals surface area (Å²) in [7, 11) is 0. The van der Waals surface area contributed by atoms with Gasteiger partial charge in [-0.25, -0.2) is 0 Å². The van der Waals surface area contributed by atoms with Crippen LogP contribution < -0.4 is 0 Å². The summed E-state index contributed by atoms with van der Waals surface area (Å²) >= 11 is 9.15. The molecule has 1 N–H and O–H groups in total. The second-order valence-corrected chi connectivity index (χ2v) is 4.37. The lowest BCUT2D eigenvalue weighted by Gasteiger charge is -2.12. The van der Waals surface area contributed by atoms with Crippen molar-refractivity contribution in [3.63, 3.8) is 0 Å². The molecule has 5 heteroatoms. The van der Waals surface area contributed by atoms with Crippen molar-refractivity contribution in [3.05, 3.63) is 33.3 Å². The summed E-state index contributed by atoms with van der Waals surface area (Å²) in [5.74, 6) is -0.429. The van der Waals surface area contributed by atoms with Gasteiger partial charge in [0.05, 0.1) is 24.2 Å². The fraction of sp³-hybridized carbons (Fsp3) is 0.364. The lowest BCUT2D eigenvalue weighted by atomic mass is 10.1. The number of halogens is 2. The van der Waals surface area contributed by atoms with Gasteiger partial charge in [-0.1, -0.05) is 23.7 Å². The van der Waals surface area contributed by atoms with Gasteiger partial charge >= 0.3 is 5.97 Å². The van der Waals surface area contributed by atoms with Gasteiger partial charge in [-0.3, -0.25) is 4.79 Å². The van der Waals surface area contributed by atoms with Gasteiger partial charge in [0.1, 0.15) is 0 Å². The second kappa shape index (κ2) is 6.23. The van der Waals surface area contributed by atoms with Gasteiger partial charge in [0.25, 0.3) is 0 Å². The van der Waals surface area contributed by atoms with Crippen molar-refractivity contribution >= 4 is 33.5 Å². The van der Waals surface area contributed by atoms with E-state index in [2.05, 4.69) is 15.9 Å². The second-order valence-electron chi connectivity index (χ2n) is 3.17. The molecule has 1 rings (SSSR count). The van der Waals surface area contributed by atoms with Gasteiger partial charge in [0, 0.05) is 4.47 Å². The van der Waals surface area contributed by atoms with Crippen molar-refractivity contribution in [3.8, 4) is 0 Å². The number of hydrogen-bond acceptors (Lipinski definition) is 3. The van der Waals surface area contributed by atoms with Gasteiger partial charge in [-0.15, -0.1) is 0 Å². The molecule has 0 aliphatic heterocycles. The van der Waals surface area contributed by atoms with Crippen LogP contribution in [0.15, 0.2) is 22.7 Å². The SMILES string of the molecule is CCOC(=O)CC(O)c1cccc(Cl)c1Br. The molecule has 0 fully saturated rings. The maximum absolute atomic E-state index is 11.2. The standard InChI is InChI=1S/C11H12BrClO3/c1-2-16-10(15)6-9(14)7-4-3-5-8(13)11(7)12/h3-5,9,14H,2,6H2,1H3. The highest BCUT2D eigenvalue weighted by Crippen LogP contribution is 2.31. The van der Waals surface area contributed by atoms with Crippen LogP contribution in [-0.4, -0.2) is 17.7 Å². The summed E-state index contributed by atoms with van der Waals surface area (Å²) < 4.78 is 5.36. The van der Waals surface area contributed by atoms with Crippen LogP contribution in [0, 0.1) is 0 Å². The number of rotatable bonds is 4.